The highest BCUT2D eigenvalue weighted by atomic mass is 16.5. The standard InChI is InChI=1S/C16H30O2/c1-3-5-7-8-9-10-11-12-13-14-16(17)18-15-6-4-2/h6H,2-5,7-15H2,1H3. The second-order valence-corrected chi connectivity index (χ2v) is 4.84. The van der Waals surface area contributed by atoms with Crippen molar-refractivity contribution in [3.8, 4) is 0 Å². The van der Waals surface area contributed by atoms with Crippen molar-refractivity contribution in [1.29, 1.82) is 0 Å². The first kappa shape index (κ1) is 17.5. The molecule has 106 valence electrons. The molecule has 0 bridgehead atoms. The van der Waals surface area contributed by atoms with E-state index in [1.807, 2.05) is 6.42 Å². The van der Waals surface area contributed by atoms with Gasteiger partial charge < -0.3 is 4.74 Å². The Balaban J connectivity index is 3.08. The molecule has 0 aliphatic heterocycles. The molecule has 0 unspecified atom stereocenters. The van der Waals surface area contributed by atoms with Crippen LogP contribution in [0.25, 0.3) is 0 Å². The van der Waals surface area contributed by atoms with Gasteiger partial charge in [-0.05, 0) is 19.3 Å². The predicted octanol–water partition coefficient (Wildman–Crippen LogP) is 4.88. The zero-order valence-corrected chi connectivity index (χ0v) is 12.1. The van der Waals surface area contributed by atoms with Crippen LogP contribution >= 0.6 is 0 Å². The lowest BCUT2D eigenvalue weighted by Gasteiger charge is -2.04. The highest BCUT2D eigenvalue weighted by Crippen LogP contribution is 2.10. The molecule has 0 N–H and O–H groups in total. The fourth-order valence-corrected chi connectivity index (χ4v) is 1.89. The Labute approximate surface area is 113 Å². The Hall–Kier alpha value is -0.530. The molecule has 0 amide bonds. The molecule has 0 saturated heterocycles. The molecule has 0 aromatic heterocycles. The number of hydrogen-bond acceptors (Lipinski definition) is 2. The minimum Gasteiger partial charge on any atom is -0.465 e. The molecule has 0 rings (SSSR count). The smallest absolute Gasteiger partial charge is 0.305 e. The van der Waals surface area contributed by atoms with Crippen molar-refractivity contribution in [2.45, 2.75) is 77.6 Å². The number of esters is 1. The van der Waals surface area contributed by atoms with E-state index in [2.05, 4.69) is 13.8 Å². The van der Waals surface area contributed by atoms with Crippen LogP contribution in [0, 0.1) is 13.3 Å². The molecule has 0 aliphatic rings. The third kappa shape index (κ3) is 13.5. The van der Waals surface area contributed by atoms with Gasteiger partial charge in [0.25, 0.3) is 0 Å². The fraction of sp³-hybridized carbons (Fsp3) is 0.812. The maximum absolute atomic E-state index is 11.3. The minimum atomic E-state index is -0.0670. The summed E-state index contributed by atoms with van der Waals surface area (Å²) >= 11 is 0. The van der Waals surface area contributed by atoms with Gasteiger partial charge in [0.1, 0.15) is 0 Å². The molecule has 0 aromatic rings. The number of rotatable bonds is 13. The van der Waals surface area contributed by atoms with Crippen LogP contribution in [0.1, 0.15) is 77.6 Å². The number of carbonyl (C=O) groups excluding carboxylic acids is 1. The summed E-state index contributed by atoms with van der Waals surface area (Å²) in [6.45, 7) is 6.32. The summed E-state index contributed by atoms with van der Waals surface area (Å²) in [6.07, 6.45) is 14.6. The highest BCUT2D eigenvalue weighted by molar-refractivity contribution is 5.69. The molecule has 2 heteroatoms. The van der Waals surface area contributed by atoms with E-state index in [4.69, 9.17) is 4.74 Å². The zero-order chi connectivity index (χ0) is 13.5. The fourth-order valence-electron chi connectivity index (χ4n) is 1.89. The lowest BCUT2D eigenvalue weighted by Crippen LogP contribution is -2.05. The van der Waals surface area contributed by atoms with Gasteiger partial charge in [-0.1, -0.05) is 65.2 Å². The summed E-state index contributed by atoms with van der Waals surface area (Å²) in [5.74, 6) is -0.0670. The molecule has 0 saturated carbocycles. The van der Waals surface area contributed by atoms with E-state index in [9.17, 15) is 4.79 Å². The third-order valence-electron chi connectivity index (χ3n) is 3.05. The average Bonchev–Trinajstić information content (AvgIpc) is 2.37. The Morgan fingerprint density at radius 2 is 1.56 bits per heavy atom. The number of unbranched alkanes of at least 4 members (excludes halogenated alkanes) is 9. The maximum atomic E-state index is 11.3. The Morgan fingerprint density at radius 3 is 2.11 bits per heavy atom. The molecular weight excluding hydrogens is 224 g/mol. The quantitative estimate of drug-likeness (QED) is 0.346. The van der Waals surface area contributed by atoms with Crippen molar-refractivity contribution in [3.63, 3.8) is 0 Å². The van der Waals surface area contributed by atoms with Crippen LogP contribution in [-0.4, -0.2) is 12.6 Å². The minimum absolute atomic E-state index is 0.0670. The Morgan fingerprint density at radius 1 is 1.00 bits per heavy atom. The van der Waals surface area contributed by atoms with Gasteiger partial charge in [0, 0.05) is 6.42 Å². The molecule has 0 spiro atoms. The third-order valence-corrected chi connectivity index (χ3v) is 3.05. The average molecular weight is 254 g/mol. The van der Waals surface area contributed by atoms with Crippen LogP contribution in [0.4, 0.5) is 0 Å². The second kappa shape index (κ2) is 14.5. The number of hydrogen-bond donors (Lipinski definition) is 0. The lowest BCUT2D eigenvalue weighted by molar-refractivity contribution is -0.142. The van der Waals surface area contributed by atoms with Crippen molar-refractivity contribution in [2.24, 2.45) is 0 Å². The van der Waals surface area contributed by atoms with Gasteiger partial charge in [0.05, 0.1) is 6.61 Å². The van der Waals surface area contributed by atoms with Crippen LogP contribution in [0.5, 0.6) is 0 Å². The molecule has 18 heavy (non-hydrogen) atoms. The molecule has 0 aromatic carbocycles. The van der Waals surface area contributed by atoms with Gasteiger partial charge in [-0.3, -0.25) is 4.79 Å². The molecule has 0 aliphatic carbocycles. The molecule has 0 fully saturated rings. The largest absolute Gasteiger partial charge is 0.465 e. The van der Waals surface area contributed by atoms with Crippen LogP contribution in [0.3, 0.4) is 0 Å². The van der Waals surface area contributed by atoms with Gasteiger partial charge >= 0.3 is 5.97 Å². The van der Waals surface area contributed by atoms with E-state index < -0.39 is 0 Å². The summed E-state index contributed by atoms with van der Waals surface area (Å²) < 4.78 is 5.02. The Bertz CT molecular complexity index is 178. The van der Waals surface area contributed by atoms with Crippen molar-refractivity contribution in [2.75, 3.05) is 6.61 Å². The number of carbonyl (C=O) groups is 1. The van der Waals surface area contributed by atoms with Gasteiger partial charge in [-0.15, -0.1) is 0 Å². The van der Waals surface area contributed by atoms with Gasteiger partial charge in [0.15, 0.2) is 0 Å². The second-order valence-electron chi connectivity index (χ2n) is 4.84. The van der Waals surface area contributed by atoms with E-state index in [1.165, 1.54) is 44.9 Å². The summed E-state index contributed by atoms with van der Waals surface area (Å²) in [7, 11) is 0. The maximum Gasteiger partial charge on any atom is 0.305 e. The van der Waals surface area contributed by atoms with Crippen molar-refractivity contribution in [3.05, 3.63) is 13.3 Å². The van der Waals surface area contributed by atoms with E-state index in [0.717, 1.165) is 12.8 Å². The first-order chi connectivity index (χ1) is 8.81. The van der Waals surface area contributed by atoms with E-state index >= 15 is 0 Å². The highest BCUT2D eigenvalue weighted by Gasteiger charge is 2.01. The number of ether oxygens (including phenoxy) is 1. The van der Waals surface area contributed by atoms with E-state index in [0.29, 0.717) is 19.4 Å². The Kier molecular flexibility index (Phi) is 14.1. The van der Waals surface area contributed by atoms with Crippen LogP contribution in [-0.2, 0) is 9.53 Å². The molecular formula is C16H30O2. The van der Waals surface area contributed by atoms with Crippen molar-refractivity contribution < 1.29 is 9.53 Å². The SMILES string of the molecule is [CH2]C[CH]COC(=O)CCCCCCCCCCC. The van der Waals surface area contributed by atoms with E-state index in [1.54, 1.807) is 0 Å². The first-order valence-electron chi connectivity index (χ1n) is 7.57. The van der Waals surface area contributed by atoms with Gasteiger partial charge in [0.2, 0.25) is 0 Å². The van der Waals surface area contributed by atoms with Crippen molar-refractivity contribution in [1.82, 2.24) is 0 Å². The molecule has 2 nitrogen and oxygen atoms in total. The van der Waals surface area contributed by atoms with Crippen LogP contribution in [0.15, 0.2) is 0 Å². The monoisotopic (exact) mass is 254 g/mol. The van der Waals surface area contributed by atoms with Crippen molar-refractivity contribution >= 4 is 5.97 Å². The summed E-state index contributed by atoms with van der Waals surface area (Å²) in [5.41, 5.74) is 0. The van der Waals surface area contributed by atoms with Crippen LogP contribution in [0.2, 0.25) is 0 Å². The molecule has 2 radical (unpaired) electrons. The summed E-state index contributed by atoms with van der Waals surface area (Å²) in [6, 6.07) is 0. The van der Waals surface area contributed by atoms with Gasteiger partial charge in [-0.2, -0.15) is 0 Å². The zero-order valence-electron chi connectivity index (χ0n) is 12.1. The van der Waals surface area contributed by atoms with Gasteiger partial charge in [-0.25, -0.2) is 0 Å². The molecule has 0 heterocycles. The molecule has 0 atom stereocenters. The summed E-state index contributed by atoms with van der Waals surface area (Å²) in [5, 5.41) is 0. The summed E-state index contributed by atoms with van der Waals surface area (Å²) in [4.78, 5) is 11.3. The topological polar surface area (TPSA) is 26.3 Å². The predicted molar refractivity (Wildman–Crippen MR) is 77.1 cm³/mol. The lowest BCUT2D eigenvalue weighted by atomic mass is 10.1. The van der Waals surface area contributed by atoms with E-state index in [-0.39, 0.29) is 5.97 Å². The van der Waals surface area contributed by atoms with Crippen LogP contribution < -0.4 is 0 Å². The first-order valence-corrected chi connectivity index (χ1v) is 7.57. The normalized spacial score (nSPS) is 10.6.